The van der Waals surface area contributed by atoms with Crippen molar-refractivity contribution in [1.29, 1.82) is 0 Å². The van der Waals surface area contributed by atoms with Crippen LogP contribution in [-0.4, -0.2) is 48.5 Å². The fourth-order valence-electron chi connectivity index (χ4n) is 2.65. The van der Waals surface area contributed by atoms with Gasteiger partial charge in [0, 0.05) is 19.2 Å². The Hall–Kier alpha value is -0.120. The smallest absolute Gasteiger partial charge is 0.0742 e. The molecule has 4 atom stereocenters. The predicted octanol–water partition coefficient (Wildman–Crippen LogP) is 0.229. The summed E-state index contributed by atoms with van der Waals surface area (Å²) < 4.78 is 5.39. The van der Waals surface area contributed by atoms with Gasteiger partial charge in [-0.3, -0.25) is 4.90 Å². The van der Waals surface area contributed by atoms with E-state index in [1.807, 2.05) is 0 Å². The normalized spacial score (nSPS) is 48.2. The zero-order valence-electron chi connectivity index (χ0n) is 7.73. The number of piperidine rings is 1. The molecule has 0 aromatic heterocycles. The number of methoxy groups -OCH3 is 1. The first-order valence-electron chi connectivity index (χ1n) is 4.65. The van der Waals surface area contributed by atoms with Crippen molar-refractivity contribution in [2.75, 3.05) is 14.2 Å². The number of hydrogen-bond donors (Lipinski definition) is 1. The summed E-state index contributed by atoms with van der Waals surface area (Å²) in [5.41, 5.74) is 0. The Morgan fingerprint density at radius 1 is 1.33 bits per heavy atom. The van der Waals surface area contributed by atoms with E-state index in [-0.39, 0.29) is 6.10 Å². The Kier molecular flexibility index (Phi) is 2.10. The fraction of sp³-hybridized carbons (Fsp3) is 1.00. The topological polar surface area (TPSA) is 32.7 Å². The molecule has 3 nitrogen and oxygen atoms in total. The van der Waals surface area contributed by atoms with Gasteiger partial charge in [-0.15, -0.1) is 0 Å². The number of ether oxygens (including phenoxy) is 1. The summed E-state index contributed by atoms with van der Waals surface area (Å²) in [6, 6.07) is 0.993. The zero-order valence-corrected chi connectivity index (χ0v) is 7.73. The molecule has 2 heterocycles. The molecule has 0 aromatic carbocycles. The first-order valence-corrected chi connectivity index (χ1v) is 4.65. The van der Waals surface area contributed by atoms with Gasteiger partial charge in [-0.2, -0.15) is 0 Å². The van der Waals surface area contributed by atoms with Crippen LogP contribution < -0.4 is 0 Å². The van der Waals surface area contributed by atoms with Crippen molar-refractivity contribution in [2.24, 2.45) is 0 Å². The van der Waals surface area contributed by atoms with Gasteiger partial charge in [-0.25, -0.2) is 0 Å². The molecule has 1 unspecified atom stereocenters. The van der Waals surface area contributed by atoms with Crippen LogP contribution in [-0.2, 0) is 4.74 Å². The quantitative estimate of drug-likeness (QED) is 0.613. The molecule has 12 heavy (non-hydrogen) atoms. The van der Waals surface area contributed by atoms with Crippen molar-refractivity contribution in [3.63, 3.8) is 0 Å². The third-order valence-corrected chi connectivity index (χ3v) is 3.39. The molecular weight excluding hydrogens is 154 g/mol. The minimum atomic E-state index is -0.101. The van der Waals surface area contributed by atoms with Crippen LogP contribution in [0.5, 0.6) is 0 Å². The van der Waals surface area contributed by atoms with Crippen LogP contribution in [0.15, 0.2) is 0 Å². The van der Waals surface area contributed by atoms with Crippen molar-refractivity contribution in [1.82, 2.24) is 4.90 Å². The number of likely N-dealkylation sites (N-methyl/N-ethyl adjacent to an activating group) is 1. The molecule has 0 saturated carbocycles. The van der Waals surface area contributed by atoms with Crippen molar-refractivity contribution in [3.05, 3.63) is 0 Å². The Labute approximate surface area is 73.3 Å². The maximum absolute atomic E-state index is 9.54. The lowest BCUT2D eigenvalue weighted by atomic mass is 10.0. The van der Waals surface area contributed by atoms with Crippen molar-refractivity contribution in [2.45, 2.75) is 43.6 Å². The lowest BCUT2D eigenvalue weighted by Crippen LogP contribution is -2.44. The summed E-state index contributed by atoms with van der Waals surface area (Å²) in [7, 11) is 3.91. The average molecular weight is 171 g/mol. The standard InChI is InChI=1S/C9H17NO2/c1-10-6-3-7(11)5-8(10)9(4-6)12-2/h6-9,11H,3-5H2,1-2H3/t6-,7-,8+,9?/m1/s1. The zero-order chi connectivity index (χ0) is 8.72. The second kappa shape index (κ2) is 2.98. The predicted molar refractivity (Wildman–Crippen MR) is 46.0 cm³/mol. The Morgan fingerprint density at radius 3 is 2.75 bits per heavy atom. The average Bonchev–Trinajstić information content (AvgIpc) is 2.27. The van der Waals surface area contributed by atoms with Gasteiger partial charge < -0.3 is 9.84 Å². The number of aliphatic hydroxyl groups is 1. The molecule has 0 amide bonds. The molecule has 0 aromatic rings. The highest BCUT2D eigenvalue weighted by atomic mass is 16.5. The highest BCUT2D eigenvalue weighted by Crippen LogP contribution is 2.35. The highest BCUT2D eigenvalue weighted by Gasteiger charge is 2.44. The minimum absolute atomic E-state index is 0.101. The highest BCUT2D eigenvalue weighted by molar-refractivity contribution is 4.99. The van der Waals surface area contributed by atoms with Crippen LogP contribution in [0.25, 0.3) is 0 Å². The number of rotatable bonds is 1. The molecular formula is C9H17NO2. The van der Waals surface area contributed by atoms with E-state index in [9.17, 15) is 5.11 Å². The summed E-state index contributed by atoms with van der Waals surface area (Å²) in [5.74, 6) is 0. The van der Waals surface area contributed by atoms with Gasteiger partial charge in [-0.1, -0.05) is 0 Å². The van der Waals surface area contributed by atoms with Gasteiger partial charge in [0.05, 0.1) is 12.2 Å². The van der Waals surface area contributed by atoms with Crippen molar-refractivity contribution < 1.29 is 9.84 Å². The van der Waals surface area contributed by atoms with Gasteiger partial charge in [0.2, 0.25) is 0 Å². The van der Waals surface area contributed by atoms with Crippen molar-refractivity contribution >= 4 is 0 Å². The maximum atomic E-state index is 9.54. The van der Waals surface area contributed by atoms with E-state index in [0.29, 0.717) is 18.2 Å². The van der Waals surface area contributed by atoms with Gasteiger partial charge >= 0.3 is 0 Å². The molecule has 2 aliphatic heterocycles. The number of nitrogens with zero attached hydrogens (tertiary/aromatic N) is 1. The van der Waals surface area contributed by atoms with E-state index >= 15 is 0 Å². The molecule has 2 fully saturated rings. The molecule has 70 valence electrons. The van der Waals surface area contributed by atoms with Crippen LogP contribution >= 0.6 is 0 Å². The summed E-state index contributed by atoms with van der Waals surface area (Å²) in [5, 5.41) is 9.54. The molecule has 0 aliphatic carbocycles. The van der Waals surface area contributed by atoms with E-state index < -0.39 is 0 Å². The summed E-state index contributed by atoms with van der Waals surface area (Å²) >= 11 is 0. The van der Waals surface area contributed by atoms with E-state index in [1.165, 1.54) is 0 Å². The summed E-state index contributed by atoms with van der Waals surface area (Å²) in [6.45, 7) is 0. The molecule has 3 heteroatoms. The van der Waals surface area contributed by atoms with Gasteiger partial charge in [0.25, 0.3) is 0 Å². The van der Waals surface area contributed by atoms with E-state index in [0.717, 1.165) is 19.3 Å². The lowest BCUT2D eigenvalue weighted by Gasteiger charge is -2.34. The number of fused-ring (bicyclic) bond motifs is 2. The van der Waals surface area contributed by atoms with Gasteiger partial charge in [0.1, 0.15) is 0 Å². The van der Waals surface area contributed by atoms with Gasteiger partial charge in [0.15, 0.2) is 0 Å². The third-order valence-electron chi connectivity index (χ3n) is 3.39. The van der Waals surface area contributed by atoms with Crippen LogP contribution in [0.4, 0.5) is 0 Å². The number of hydrogen-bond acceptors (Lipinski definition) is 3. The lowest BCUT2D eigenvalue weighted by molar-refractivity contribution is 0.0151. The van der Waals surface area contributed by atoms with Crippen LogP contribution in [0.2, 0.25) is 0 Å². The molecule has 2 saturated heterocycles. The fourth-order valence-corrected chi connectivity index (χ4v) is 2.65. The number of aliphatic hydroxyl groups excluding tert-OH is 1. The third kappa shape index (κ3) is 1.16. The Bertz CT molecular complexity index is 174. The van der Waals surface area contributed by atoms with Crippen LogP contribution in [0.1, 0.15) is 19.3 Å². The molecule has 1 N–H and O–H groups in total. The Morgan fingerprint density at radius 2 is 2.08 bits per heavy atom. The van der Waals surface area contributed by atoms with E-state index in [4.69, 9.17) is 4.74 Å². The second-order valence-corrected chi connectivity index (χ2v) is 4.02. The van der Waals surface area contributed by atoms with Crippen molar-refractivity contribution in [3.8, 4) is 0 Å². The monoisotopic (exact) mass is 171 g/mol. The maximum Gasteiger partial charge on any atom is 0.0742 e. The van der Waals surface area contributed by atoms with Crippen LogP contribution in [0, 0.1) is 0 Å². The largest absolute Gasteiger partial charge is 0.393 e. The summed E-state index contributed by atoms with van der Waals surface area (Å²) in [4.78, 5) is 2.36. The Balaban J connectivity index is 2.11. The first kappa shape index (κ1) is 8.48. The van der Waals surface area contributed by atoms with E-state index in [2.05, 4.69) is 11.9 Å². The molecule has 2 bridgehead atoms. The van der Waals surface area contributed by atoms with E-state index in [1.54, 1.807) is 7.11 Å². The first-order chi connectivity index (χ1) is 5.72. The summed E-state index contributed by atoms with van der Waals surface area (Å²) in [6.07, 6.45) is 3.14. The molecule has 0 spiro atoms. The minimum Gasteiger partial charge on any atom is -0.393 e. The molecule has 0 radical (unpaired) electrons. The molecule has 2 rings (SSSR count). The molecule has 2 aliphatic rings. The van der Waals surface area contributed by atoms with Gasteiger partial charge in [-0.05, 0) is 26.3 Å². The van der Waals surface area contributed by atoms with Crippen LogP contribution in [0.3, 0.4) is 0 Å². The second-order valence-electron chi connectivity index (χ2n) is 4.02. The SMILES string of the molecule is COC1C[C@H]2C[C@@H](O)C[C@@H]1N2C.